The van der Waals surface area contributed by atoms with Crippen molar-refractivity contribution in [3.8, 4) is 22.9 Å². The standard InChI is InChI=1S/C24H21Cl3N4O2S/c1-2-32-21-11-16(13-28-31-23(29-30-24(31)34)15-7-4-3-5-8-15)20(27)12-22(21)33-14-17-18(25)9-6-10-19(17)26/h3-12,28H,2,13-14H2,1H3,(H,30,34). The molecular weight excluding hydrogens is 515 g/mol. The van der Waals surface area contributed by atoms with Crippen molar-refractivity contribution in [3.05, 3.63) is 91.6 Å². The predicted octanol–water partition coefficient (Wildman–Crippen LogP) is 7.29. The Morgan fingerprint density at radius 1 is 0.941 bits per heavy atom. The first-order valence-corrected chi connectivity index (χ1v) is 12.0. The third-order valence-corrected chi connectivity index (χ3v) is 6.31. The van der Waals surface area contributed by atoms with Gasteiger partial charge in [-0.05, 0) is 42.9 Å². The molecule has 0 aliphatic rings. The van der Waals surface area contributed by atoms with Crippen LogP contribution in [0.25, 0.3) is 11.4 Å². The average molecular weight is 536 g/mol. The van der Waals surface area contributed by atoms with Crippen LogP contribution in [-0.2, 0) is 13.2 Å². The molecule has 0 aliphatic carbocycles. The Bertz CT molecular complexity index is 1320. The van der Waals surface area contributed by atoms with Crippen LogP contribution in [0.5, 0.6) is 11.5 Å². The number of hydrogen-bond acceptors (Lipinski definition) is 5. The van der Waals surface area contributed by atoms with Gasteiger partial charge in [0, 0.05) is 32.3 Å². The van der Waals surface area contributed by atoms with Gasteiger partial charge in [0.05, 0.1) is 13.2 Å². The minimum absolute atomic E-state index is 0.178. The van der Waals surface area contributed by atoms with Gasteiger partial charge < -0.3 is 14.9 Å². The van der Waals surface area contributed by atoms with E-state index in [1.54, 1.807) is 28.9 Å². The van der Waals surface area contributed by atoms with E-state index in [1.165, 1.54) is 0 Å². The number of nitrogens with zero attached hydrogens (tertiary/aromatic N) is 2. The molecule has 34 heavy (non-hydrogen) atoms. The Hall–Kier alpha value is -2.71. The highest BCUT2D eigenvalue weighted by atomic mass is 35.5. The number of H-pyrrole nitrogens is 1. The summed E-state index contributed by atoms with van der Waals surface area (Å²) >= 11 is 24.5. The molecule has 3 aromatic carbocycles. The van der Waals surface area contributed by atoms with Crippen LogP contribution in [0.2, 0.25) is 15.1 Å². The Balaban J connectivity index is 1.56. The van der Waals surface area contributed by atoms with E-state index >= 15 is 0 Å². The maximum absolute atomic E-state index is 6.60. The smallest absolute Gasteiger partial charge is 0.214 e. The highest BCUT2D eigenvalue weighted by Gasteiger charge is 2.15. The summed E-state index contributed by atoms with van der Waals surface area (Å²) in [5.74, 6) is 1.73. The topological polar surface area (TPSA) is 64.1 Å². The summed E-state index contributed by atoms with van der Waals surface area (Å²) in [6.45, 7) is 2.92. The molecule has 0 saturated carbocycles. The molecule has 1 heterocycles. The number of benzene rings is 3. The third-order valence-electron chi connectivity index (χ3n) is 4.98. The van der Waals surface area contributed by atoms with E-state index in [0.717, 1.165) is 11.1 Å². The monoisotopic (exact) mass is 534 g/mol. The van der Waals surface area contributed by atoms with Gasteiger partial charge in [-0.3, -0.25) is 0 Å². The zero-order valence-corrected chi connectivity index (χ0v) is 21.2. The predicted molar refractivity (Wildman–Crippen MR) is 139 cm³/mol. The van der Waals surface area contributed by atoms with Crippen molar-refractivity contribution < 1.29 is 9.47 Å². The second-order valence-electron chi connectivity index (χ2n) is 7.20. The lowest BCUT2D eigenvalue weighted by atomic mass is 10.2. The van der Waals surface area contributed by atoms with Crippen molar-refractivity contribution in [2.45, 2.75) is 20.1 Å². The van der Waals surface area contributed by atoms with Crippen molar-refractivity contribution >= 4 is 47.0 Å². The van der Waals surface area contributed by atoms with Gasteiger partial charge in [0.25, 0.3) is 0 Å². The number of aromatic nitrogens is 3. The van der Waals surface area contributed by atoms with Crippen LogP contribution in [0.3, 0.4) is 0 Å². The second-order valence-corrected chi connectivity index (χ2v) is 8.81. The van der Waals surface area contributed by atoms with Crippen molar-refractivity contribution in [3.63, 3.8) is 0 Å². The molecule has 0 radical (unpaired) electrons. The summed E-state index contributed by atoms with van der Waals surface area (Å²) in [6, 6.07) is 18.6. The van der Waals surface area contributed by atoms with Crippen molar-refractivity contribution in [2.24, 2.45) is 0 Å². The SMILES string of the molecule is CCOc1cc(CNn2c(-c3ccccc3)n[nH]c2=S)c(Cl)cc1OCc1c(Cl)cccc1Cl. The summed E-state index contributed by atoms with van der Waals surface area (Å²) in [4.78, 5) is 0. The molecule has 6 nitrogen and oxygen atoms in total. The molecule has 176 valence electrons. The molecular formula is C24H21Cl3N4O2S. The van der Waals surface area contributed by atoms with Crippen LogP contribution in [0.1, 0.15) is 18.1 Å². The molecule has 0 aliphatic heterocycles. The molecule has 1 aromatic heterocycles. The summed E-state index contributed by atoms with van der Waals surface area (Å²) in [5.41, 5.74) is 5.70. The zero-order chi connectivity index (χ0) is 24.1. The van der Waals surface area contributed by atoms with E-state index < -0.39 is 0 Å². The number of rotatable bonds is 9. The van der Waals surface area contributed by atoms with Crippen LogP contribution in [0.4, 0.5) is 0 Å². The molecule has 4 aromatic rings. The maximum atomic E-state index is 6.60. The Morgan fingerprint density at radius 2 is 1.65 bits per heavy atom. The third kappa shape index (κ3) is 5.50. The number of hydrogen-bond donors (Lipinski definition) is 2. The average Bonchev–Trinajstić information content (AvgIpc) is 3.20. The van der Waals surface area contributed by atoms with Crippen LogP contribution >= 0.6 is 47.0 Å². The zero-order valence-electron chi connectivity index (χ0n) is 18.1. The maximum Gasteiger partial charge on any atom is 0.214 e. The first kappa shape index (κ1) is 24.4. The number of nitrogens with one attached hydrogen (secondary N) is 2. The largest absolute Gasteiger partial charge is 0.490 e. The van der Waals surface area contributed by atoms with Gasteiger partial charge in [0.15, 0.2) is 17.3 Å². The van der Waals surface area contributed by atoms with Crippen LogP contribution in [0.15, 0.2) is 60.7 Å². The van der Waals surface area contributed by atoms with Gasteiger partial charge in [-0.25, -0.2) is 9.77 Å². The number of aromatic amines is 1. The lowest BCUT2D eigenvalue weighted by Crippen LogP contribution is -2.16. The molecule has 4 rings (SSSR count). The first-order chi connectivity index (χ1) is 16.5. The highest BCUT2D eigenvalue weighted by molar-refractivity contribution is 7.71. The molecule has 10 heteroatoms. The second kappa shape index (κ2) is 11.1. The minimum Gasteiger partial charge on any atom is -0.490 e. The van der Waals surface area contributed by atoms with Crippen LogP contribution in [-0.4, -0.2) is 21.5 Å². The highest BCUT2D eigenvalue weighted by Crippen LogP contribution is 2.35. The Kier molecular flexibility index (Phi) is 8.00. The summed E-state index contributed by atoms with van der Waals surface area (Å²) in [6.07, 6.45) is 0. The van der Waals surface area contributed by atoms with E-state index in [-0.39, 0.29) is 6.61 Å². The van der Waals surface area contributed by atoms with E-state index in [2.05, 4.69) is 15.6 Å². The van der Waals surface area contributed by atoms with Crippen LogP contribution < -0.4 is 14.9 Å². The van der Waals surface area contributed by atoms with Gasteiger partial charge in [-0.2, -0.15) is 5.10 Å². The summed E-state index contributed by atoms with van der Waals surface area (Å²) < 4.78 is 14.0. The molecule has 0 fully saturated rings. The molecule has 0 saturated heterocycles. The fraction of sp³-hybridized carbons (Fsp3) is 0.167. The first-order valence-electron chi connectivity index (χ1n) is 10.5. The lowest BCUT2D eigenvalue weighted by molar-refractivity contribution is 0.269. The van der Waals surface area contributed by atoms with Gasteiger partial charge in [0.2, 0.25) is 4.77 Å². The van der Waals surface area contributed by atoms with E-state index in [4.69, 9.17) is 56.5 Å². The molecule has 0 spiro atoms. The molecule has 0 bridgehead atoms. The normalized spacial score (nSPS) is 10.8. The van der Waals surface area contributed by atoms with Crippen molar-refractivity contribution in [2.75, 3.05) is 12.0 Å². The summed E-state index contributed by atoms with van der Waals surface area (Å²) in [5, 5.41) is 8.72. The minimum atomic E-state index is 0.178. The fourth-order valence-corrected chi connectivity index (χ4v) is 4.23. The molecule has 0 unspecified atom stereocenters. The molecule has 0 atom stereocenters. The van der Waals surface area contributed by atoms with Crippen LogP contribution in [0, 0.1) is 4.77 Å². The van der Waals surface area contributed by atoms with E-state index in [9.17, 15) is 0 Å². The van der Waals surface area contributed by atoms with E-state index in [0.29, 0.717) is 55.9 Å². The molecule has 0 amide bonds. The van der Waals surface area contributed by atoms with Gasteiger partial charge >= 0.3 is 0 Å². The number of ether oxygens (including phenoxy) is 2. The van der Waals surface area contributed by atoms with Crippen molar-refractivity contribution in [1.29, 1.82) is 0 Å². The van der Waals surface area contributed by atoms with Crippen molar-refractivity contribution in [1.82, 2.24) is 14.9 Å². The Labute approximate surface area is 217 Å². The number of halogens is 3. The fourth-order valence-electron chi connectivity index (χ4n) is 3.30. The molecule has 2 N–H and O–H groups in total. The van der Waals surface area contributed by atoms with Gasteiger partial charge in [0.1, 0.15) is 6.61 Å². The lowest BCUT2D eigenvalue weighted by Gasteiger charge is -2.17. The quantitative estimate of drug-likeness (QED) is 0.220. The summed E-state index contributed by atoms with van der Waals surface area (Å²) in [7, 11) is 0. The Morgan fingerprint density at radius 3 is 2.35 bits per heavy atom. The van der Waals surface area contributed by atoms with E-state index in [1.807, 2.05) is 43.3 Å². The van der Waals surface area contributed by atoms with Gasteiger partial charge in [-0.1, -0.05) is 71.2 Å². The van der Waals surface area contributed by atoms with Gasteiger partial charge in [-0.15, -0.1) is 0 Å².